The zero-order chi connectivity index (χ0) is 31.2. The van der Waals surface area contributed by atoms with Crippen LogP contribution in [0, 0.1) is 17.8 Å². The number of carbonyl (C=O) groups excluding carboxylic acids is 3. The van der Waals surface area contributed by atoms with Gasteiger partial charge in [0.1, 0.15) is 0 Å². The van der Waals surface area contributed by atoms with Gasteiger partial charge in [-0.15, -0.1) is 0 Å². The van der Waals surface area contributed by atoms with E-state index in [0.29, 0.717) is 17.8 Å². The van der Waals surface area contributed by atoms with Gasteiger partial charge in [0.2, 0.25) is 0 Å². The second kappa shape index (κ2) is 23.1. The van der Waals surface area contributed by atoms with E-state index in [2.05, 4.69) is 41.5 Å². The normalized spacial score (nSPS) is 11.4. The highest BCUT2D eigenvalue weighted by Gasteiger charge is 2.27. The quantitative estimate of drug-likeness (QED) is 0.0679. The number of unbranched alkanes of at least 4 members (excludes halogenated alkanes) is 9. The molecule has 1 rings (SSSR count). The molecule has 1 aromatic carbocycles. The molecule has 0 amide bonds. The zero-order valence-corrected chi connectivity index (χ0v) is 27.6. The molecule has 6 nitrogen and oxygen atoms in total. The summed E-state index contributed by atoms with van der Waals surface area (Å²) in [6.45, 7) is 14.1. The number of ether oxygens (including phenoxy) is 3. The van der Waals surface area contributed by atoms with Crippen LogP contribution in [0.3, 0.4) is 0 Å². The number of benzene rings is 1. The number of hydrogen-bond acceptors (Lipinski definition) is 6. The summed E-state index contributed by atoms with van der Waals surface area (Å²) in [6, 6.07) is 4.65. The lowest BCUT2D eigenvalue weighted by molar-refractivity contribution is 0.0430. The van der Waals surface area contributed by atoms with E-state index >= 15 is 0 Å². The van der Waals surface area contributed by atoms with Crippen LogP contribution in [-0.4, -0.2) is 37.7 Å². The topological polar surface area (TPSA) is 78.9 Å². The molecule has 0 radical (unpaired) electrons. The maximum absolute atomic E-state index is 13.2. The standard InChI is InChI=1S/C36H60O6/c1-28(2)20-13-7-10-16-25-40-34(37)31-23-19-24-32(35(38)41-26-17-11-8-14-21-29(3)4)33(31)36(39)42-27-18-12-9-15-22-30(5)6/h19,23-24,28-30H,7-18,20-22,25-27H2,1-6H3. The Hall–Kier alpha value is -2.37. The van der Waals surface area contributed by atoms with Gasteiger partial charge in [-0.3, -0.25) is 0 Å². The predicted molar refractivity (Wildman–Crippen MR) is 171 cm³/mol. The molecule has 1 aromatic rings. The first kappa shape index (κ1) is 37.7. The van der Waals surface area contributed by atoms with Crippen molar-refractivity contribution in [2.24, 2.45) is 17.8 Å². The van der Waals surface area contributed by atoms with Gasteiger partial charge in [-0.05, 0) is 49.1 Å². The first-order chi connectivity index (χ1) is 20.1. The Morgan fingerprint density at radius 1 is 0.476 bits per heavy atom. The molecule has 0 bridgehead atoms. The number of rotatable bonds is 24. The van der Waals surface area contributed by atoms with Crippen molar-refractivity contribution < 1.29 is 28.6 Å². The van der Waals surface area contributed by atoms with Gasteiger partial charge >= 0.3 is 17.9 Å². The summed E-state index contributed by atoms with van der Waals surface area (Å²) in [6.07, 6.45) is 15.6. The lowest BCUT2D eigenvalue weighted by Gasteiger charge is -2.14. The van der Waals surface area contributed by atoms with E-state index in [9.17, 15) is 14.4 Å². The molecule has 6 heteroatoms. The van der Waals surface area contributed by atoms with Crippen LogP contribution in [-0.2, 0) is 14.2 Å². The SMILES string of the molecule is CC(C)CCCCCCOC(=O)c1cccc(C(=O)OCCCCCCC(C)C)c1C(=O)OCCCCCCC(C)C. The molecule has 0 saturated heterocycles. The molecule has 0 fully saturated rings. The van der Waals surface area contributed by atoms with Gasteiger partial charge < -0.3 is 14.2 Å². The minimum absolute atomic E-state index is 0.0545. The van der Waals surface area contributed by atoms with E-state index in [1.807, 2.05) is 0 Å². The summed E-state index contributed by atoms with van der Waals surface area (Å²) in [4.78, 5) is 39.3. The molecule has 0 aromatic heterocycles. The minimum atomic E-state index is -0.681. The number of carbonyl (C=O) groups is 3. The van der Waals surface area contributed by atoms with Crippen LogP contribution < -0.4 is 0 Å². The van der Waals surface area contributed by atoms with Crippen molar-refractivity contribution in [2.45, 2.75) is 138 Å². The lowest BCUT2D eigenvalue weighted by Crippen LogP contribution is -2.20. The minimum Gasteiger partial charge on any atom is -0.462 e. The van der Waals surface area contributed by atoms with Gasteiger partial charge in [-0.2, -0.15) is 0 Å². The molecular formula is C36H60O6. The molecule has 0 spiro atoms. The fourth-order valence-corrected chi connectivity index (χ4v) is 4.86. The highest BCUT2D eigenvalue weighted by molar-refractivity contribution is 6.10. The fraction of sp³-hybridized carbons (Fsp3) is 0.750. The Bertz CT molecular complexity index is 837. The van der Waals surface area contributed by atoms with E-state index in [1.54, 1.807) is 6.07 Å². The van der Waals surface area contributed by atoms with Gasteiger partial charge in [0, 0.05) is 0 Å². The number of esters is 3. The zero-order valence-electron chi connectivity index (χ0n) is 27.6. The second-order valence-electron chi connectivity index (χ2n) is 12.9. The Morgan fingerprint density at radius 3 is 1.12 bits per heavy atom. The summed E-state index contributed by atoms with van der Waals surface area (Å²) in [7, 11) is 0. The van der Waals surface area contributed by atoms with Crippen molar-refractivity contribution in [3.63, 3.8) is 0 Å². The largest absolute Gasteiger partial charge is 0.462 e. The molecule has 0 unspecified atom stereocenters. The lowest BCUT2D eigenvalue weighted by atomic mass is 10.0. The first-order valence-corrected chi connectivity index (χ1v) is 16.8. The van der Waals surface area contributed by atoms with Crippen LogP contribution in [0.25, 0.3) is 0 Å². The first-order valence-electron chi connectivity index (χ1n) is 16.8. The Kier molecular flexibility index (Phi) is 20.7. The second-order valence-corrected chi connectivity index (χ2v) is 12.9. The third-order valence-electron chi connectivity index (χ3n) is 7.44. The molecule has 42 heavy (non-hydrogen) atoms. The molecule has 0 aliphatic heterocycles. The Morgan fingerprint density at radius 2 is 0.786 bits per heavy atom. The summed E-state index contributed by atoms with van der Waals surface area (Å²) >= 11 is 0. The molecule has 0 saturated carbocycles. The summed E-state index contributed by atoms with van der Waals surface area (Å²) in [5.74, 6) is 0.167. The van der Waals surface area contributed by atoms with E-state index in [-0.39, 0.29) is 36.5 Å². The maximum atomic E-state index is 13.2. The third kappa shape index (κ3) is 17.6. The van der Waals surface area contributed by atoms with Crippen molar-refractivity contribution in [1.29, 1.82) is 0 Å². The van der Waals surface area contributed by atoms with Gasteiger partial charge in [-0.1, -0.05) is 125 Å². The van der Waals surface area contributed by atoms with Crippen molar-refractivity contribution in [2.75, 3.05) is 19.8 Å². The van der Waals surface area contributed by atoms with Crippen LogP contribution >= 0.6 is 0 Å². The Labute approximate surface area is 256 Å². The van der Waals surface area contributed by atoms with E-state index < -0.39 is 17.9 Å². The summed E-state index contributed by atoms with van der Waals surface area (Å²) in [5.41, 5.74) is 0.0564. The molecular weight excluding hydrogens is 528 g/mol. The molecule has 240 valence electrons. The summed E-state index contributed by atoms with van der Waals surface area (Å²) in [5, 5.41) is 0. The van der Waals surface area contributed by atoms with Gasteiger partial charge in [0.25, 0.3) is 0 Å². The van der Waals surface area contributed by atoms with Gasteiger partial charge in [-0.25, -0.2) is 14.4 Å². The molecule has 0 atom stereocenters. The smallest absolute Gasteiger partial charge is 0.339 e. The van der Waals surface area contributed by atoms with Crippen molar-refractivity contribution in [3.05, 3.63) is 34.9 Å². The van der Waals surface area contributed by atoms with Crippen LogP contribution in [0.1, 0.15) is 169 Å². The fourth-order valence-electron chi connectivity index (χ4n) is 4.86. The van der Waals surface area contributed by atoms with Crippen LogP contribution in [0.4, 0.5) is 0 Å². The monoisotopic (exact) mass is 588 g/mol. The van der Waals surface area contributed by atoms with Crippen LogP contribution in [0.2, 0.25) is 0 Å². The highest BCUT2D eigenvalue weighted by atomic mass is 16.5. The van der Waals surface area contributed by atoms with Crippen LogP contribution in [0.5, 0.6) is 0 Å². The van der Waals surface area contributed by atoms with Crippen LogP contribution in [0.15, 0.2) is 18.2 Å². The molecule has 0 N–H and O–H groups in total. The number of hydrogen-bond donors (Lipinski definition) is 0. The highest BCUT2D eigenvalue weighted by Crippen LogP contribution is 2.21. The average Bonchev–Trinajstić information content (AvgIpc) is 2.94. The third-order valence-corrected chi connectivity index (χ3v) is 7.44. The molecule has 0 aliphatic carbocycles. The molecule has 0 aliphatic rings. The average molecular weight is 589 g/mol. The summed E-state index contributed by atoms with van der Waals surface area (Å²) < 4.78 is 16.6. The Balaban J connectivity index is 2.79. The van der Waals surface area contributed by atoms with Crippen molar-refractivity contribution >= 4 is 17.9 Å². The maximum Gasteiger partial charge on any atom is 0.339 e. The van der Waals surface area contributed by atoms with E-state index in [1.165, 1.54) is 44.2 Å². The van der Waals surface area contributed by atoms with Gasteiger partial charge in [0.05, 0.1) is 36.5 Å². The molecule has 0 heterocycles. The van der Waals surface area contributed by atoms with Gasteiger partial charge in [0.15, 0.2) is 0 Å². The van der Waals surface area contributed by atoms with E-state index in [4.69, 9.17) is 14.2 Å². The van der Waals surface area contributed by atoms with Crippen molar-refractivity contribution in [3.8, 4) is 0 Å². The van der Waals surface area contributed by atoms with E-state index in [0.717, 1.165) is 64.2 Å². The van der Waals surface area contributed by atoms with Crippen molar-refractivity contribution in [1.82, 2.24) is 0 Å². The predicted octanol–water partition coefficient (Wildman–Crippen LogP) is 9.98.